The van der Waals surface area contributed by atoms with Crippen LogP contribution in [0.5, 0.6) is 0 Å². The van der Waals surface area contributed by atoms with Crippen molar-refractivity contribution in [3.05, 3.63) is 22.3 Å². The fourth-order valence-electron chi connectivity index (χ4n) is 2.99. The molecule has 0 aromatic carbocycles. The average molecular weight is 421 g/mol. The van der Waals surface area contributed by atoms with E-state index in [1.165, 1.54) is 23.1 Å². The molecule has 0 N–H and O–H groups in total. The van der Waals surface area contributed by atoms with Gasteiger partial charge in [0.2, 0.25) is 0 Å². The number of amides is 2. The van der Waals surface area contributed by atoms with Crippen LogP contribution >= 0.6 is 23.1 Å². The maximum Gasteiger partial charge on any atom is 0.418 e. The highest BCUT2D eigenvalue weighted by Crippen LogP contribution is 2.45. The van der Waals surface area contributed by atoms with Crippen LogP contribution < -0.4 is 0 Å². The minimum Gasteiger partial charge on any atom is -0.443 e. The third-order valence-corrected chi connectivity index (χ3v) is 6.27. The molecule has 3 heterocycles. The third-order valence-electron chi connectivity index (χ3n) is 4.33. The van der Waals surface area contributed by atoms with Gasteiger partial charge in [-0.2, -0.15) is 0 Å². The molecule has 1 aliphatic heterocycles. The number of nitrogens with zero attached hydrogens (tertiary/aromatic N) is 4. The molecule has 28 heavy (non-hydrogen) atoms. The molecule has 9 heteroatoms. The molecule has 0 bridgehead atoms. The second kappa shape index (κ2) is 7.11. The third kappa shape index (κ3) is 3.53. The van der Waals surface area contributed by atoms with Crippen molar-refractivity contribution < 1.29 is 14.3 Å². The molecule has 0 fully saturated rings. The van der Waals surface area contributed by atoms with Gasteiger partial charge in [0.15, 0.2) is 5.16 Å². The lowest BCUT2D eigenvalue weighted by molar-refractivity contribution is 0.00959. The first-order valence-electron chi connectivity index (χ1n) is 8.98. The van der Waals surface area contributed by atoms with Gasteiger partial charge in [0.25, 0.3) is 5.91 Å². The van der Waals surface area contributed by atoms with E-state index in [4.69, 9.17) is 4.74 Å². The highest BCUT2D eigenvalue weighted by Gasteiger charge is 2.51. The van der Waals surface area contributed by atoms with Gasteiger partial charge in [-0.25, -0.2) is 24.6 Å². The molecule has 1 aliphatic rings. The molecule has 0 spiro atoms. The second-order valence-corrected chi connectivity index (χ2v) is 9.73. The molecule has 0 radical (unpaired) electrons. The lowest BCUT2D eigenvalue weighted by Gasteiger charge is -2.31. The minimum absolute atomic E-state index is 0.294. The van der Waals surface area contributed by atoms with Crippen molar-refractivity contribution in [3.63, 3.8) is 0 Å². The van der Waals surface area contributed by atoms with E-state index >= 15 is 0 Å². The van der Waals surface area contributed by atoms with Gasteiger partial charge in [0, 0.05) is 6.20 Å². The van der Waals surface area contributed by atoms with Crippen LogP contribution in [0.4, 0.5) is 4.79 Å². The van der Waals surface area contributed by atoms with Crippen molar-refractivity contribution in [1.82, 2.24) is 19.9 Å². The van der Waals surface area contributed by atoms with Crippen molar-refractivity contribution in [2.45, 2.75) is 64.3 Å². The zero-order valence-electron chi connectivity index (χ0n) is 17.1. The van der Waals surface area contributed by atoms with Gasteiger partial charge < -0.3 is 4.74 Å². The van der Waals surface area contributed by atoms with Crippen LogP contribution in [-0.2, 0) is 16.7 Å². The van der Waals surface area contributed by atoms with E-state index in [1.807, 2.05) is 27.0 Å². The standard InChI is InChI=1S/C19H24N4O3S2/c1-8-10-9-20-16(27-7)22-11(10)14-21-12-13(28-14)19(5,6)23(15(12)24)17(25)26-18(2,3)4/h9H,8H2,1-7H3. The highest BCUT2D eigenvalue weighted by molar-refractivity contribution is 7.98. The largest absolute Gasteiger partial charge is 0.443 e. The highest BCUT2D eigenvalue weighted by atomic mass is 32.2. The first kappa shape index (κ1) is 20.7. The Labute approximate surface area is 172 Å². The van der Waals surface area contributed by atoms with Crippen molar-refractivity contribution >= 4 is 35.1 Å². The zero-order chi connectivity index (χ0) is 20.9. The Balaban J connectivity index is 2.03. The number of hydrogen-bond donors (Lipinski definition) is 0. The van der Waals surface area contributed by atoms with Crippen LogP contribution in [0.1, 0.15) is 62.5 Å². The molecule has 0 saturated heterocycles. The number of fused-ring (bicyclic) bond motifs is 1. The topological polar surface area (TPSA) is 85.3 Å². The molecule has 0 aliphatic carbocycles. The molecule has 150 valence electrons. The summed E-state index contributed by atoms with van der Waals surface area (Å²) in [5.74, 6) is -0.436. The lowest BCUT2D eigenvalue weighted by atomic mass is 10.1. The van der Waals surface area contributed by atoms with E-state index in [-0.39, 0.29) is 0 Å². The van der Waals surface area contributed by atoms with E-state index in [0.717, 1.165) is 27.5 Å². The number of aromatic nitrogens is 3. The summed E-state index contributed by atoms with van der Waals surface area (Å²) in [7, 11) is 0. The quantitative estimate of drug-likeness (QED) is 0.533. The Morgan fingerprint density at radius 1 is 1.29 bits per heavy atom. The number of thiazole rings is 1. The van der Waals surface area contributed by atoms with Gasteiger partial charge >= 0.3 is 6.09 Å². The van der Waals surface area contributed by atoms with Crippen LogP contribution in [0.2, 0.25) is 0 Å². The molecule has 3 rings (SSSR count). The minimum atomic E-state index is -0.841. The first-order chi connectivity index (χ1) is 13.0. The molecule has 0 unspecified atom stereocenters. The smallest absolute Gasteiger partial charge is 0.418 e. The number of carbonyl (C=O) groups is 2. The SMILES string of the molecule is CCc1cnc(SC)nc1-c1nc2c(s1)C(C)(C)N(C(=O)OC(C)(C)C)C2=O. The molecule has 2 aromatic heterocycles. The number of hydrogen-bond acceptors (Lipinski definition) is 8. The number of thioether (sulfide) groups is 1. The summed E-state index contributed by atoms with van der Waals surface area (Å²) in [6.45, 7) is 11.0. The Bertz CT molecular complexity index is 947. The van der Waals surface area contributed by atoms with E-state index in [9.17, 15) is 9.59 Å². The summed E-state index contributed by atoms with van der Waals surface area (Å²) in [5, 5.41) is 1.33. The summed E-state index contributed by atoms with van der Waals surface area (Å²) >= 11 is 2.85. The van der Waals surface area contributed by atoms with Crippen molar-refractivity contribution in [2.75, 3.05) is 6.26 Å². The number of imide groups is 1. The van der Waals surface area contributed by atoms with Crippen molar-refractivity contribution in [2.24, 2.45) is 0 Å². The van der Waals surface area contributed by atoms with Crippen molar-refractivity contribution in [1.29, 1.82) is 0 Å². The fourth-order valence-corrected chi connectivity index (χ4v) is 4.51. The lowest BCUT2D eigenvalue weighted by Crippen LogP contribution is -2.46. The predicted octanol–water partition coefficient (Wildman–Crippen LogP) is 4.51. The van der Waals surface area contributed by atoms with Crippen LogP contribution in [0, 0.1) is 0 Å². The van der Waals surface area contributed by atoms with E-state index in [2.05, 4.69) is 15.0 Å². The van der Waals surface area contributed by atoms with E-state index < -0.39 is 23.1 Å². The zero-order valence-corrected chi connectivity index (χ0v) is 18.7. The maximum atomic E-state index is 13.0. The molecule has 2 amide bonds. The molecule has 0 saturated carbocycles. The van der Waals surface area contributed by atoms with Gasteiger partial charge in [-0.05, 0) is 52.9 Å². The maximum absolute atomic E-state index is 13.0. The van der Waals surface area contributed by atoms with Gasteiger partial charge in [-0.15, -0.1) is 11.3 Å². The number of carbonyl (C=O) groups excluding carboxylic acids is 2. The summed E-state index contributed by atoms with van der Waals surface area (Å²) in [4.78, 5) is 41.0. The normalized spacial score (nSPS) is 15.7. The van der Waals surface area contributed by atoms with Gasteiger partial charge in [-0.1, -0.05) is 18.7 Å². The summed E-state index contributed by atoms with van der Waals surface area (Å²) in [6, 6.07) is 0. The Hall–Kier alpha value is -2.00. The fraction of sp³-hybridized carbons (Fsp3) is 0.526. The van der Waals surface area contributed by atoms with Gasteiger partial charge in [-0.3, -0.25) is 4.79 Å². The monoisotopic (exact) mass is 420 g/mol. The Morgan fingerprint density at radius 3 is 2.50 bits per heavy atom. The summed E-state index contributed by atoms with van der Waals surface area (Å²) in [5.41, 5.74) is 0.481. The Morgan fingerprint density at radius 2 is 1.96 bits per heavy atom. The van der Waals surface area contributed by atoms with Crippen molar-refractivity contribution in [3.8, 4) is 10.7 Å². The first-order valence-corrected chi connectivity index (χ1v) is 11.0. The Kier molecular flexibility index (Phi) is 5.26. The molecule has 7 nitrogen and oxygen atoms in total. The predicted molar refractivity (Wildman–Crippen MR) is 110 cm³/mol. The molecule has 2 aromatic rings. The van der Waals surface area contributed by atoms with Gasteiger partial charge in [0.05, 0.1) is 10.4 Å². The van der Waals surface area contributed by atoms with Crippen LogP contribution in [-0.4, -0.2) is 43.7 Å². The van der Waals surface area contributed by atoms with E-state index in [1.54, 1.807) is 27.0 Å². The van der Waals surface area contributed by atoms with Crippen LogP contribution in [0.25, 0.3) is 10.7 Å². The molecule has 0 atom stereocenters. The molecular formula is C19H24N4O3S2. The van der Waals surface area contributed by atoms with Crippen LogP contribution in [0.15, 0.2) is 11.4 Å². The summed E-state index contributed by atoms with van der Waals surface area (Å²) in [6.07, 6.45) is 3.82. The van der Waals surface area contributed by atoms with E-state index in [0.29, 0.717) is 15.9 Å². The van der Waals surface area contributed by atoms with Gasteiger partial charge in [0.1, 0.15) is 22.0 Å². The number of ether oxygens (including phenoxy) is 1. The number of aryl methyl sites for hydroxylation is 1. The molecular weight excluding hydrogens is 396 g/mol. The number of rotatable bonds is 3. The second-order valence-electron chi connectivity index (χ2n) is 7.96. The summed E-state index contributed by atoms with van der Waals surface area (Å²) < 4.78 is 5.43. The van der Waals surface area contributed by atoms with Crippen LogP contribution in [0.3, 0.4) is 0 Å². The average Bonchev–Trinajstić information content (AvgIpc) is 3.11.